The fourth-order valence-corrected chi connectivity index (χ4v) is 1.43. The number of hydrogen-bond acceptors (Lipinski definition) is 2. The number of nitrogens with two attached hydrogens (primary N) is 1. The number of aromatic amines is 1. The van der Waals surface area contributed by atoms with Crippen LogP contribution >= 0.6 is 0 Å². The minimum absolute atomic E-state index is 0.197. The Kier molecular flexibility index (Phi) is 2.51. The Hall–Kier alpha value is -1.68. The third-order valence-corrected chi connectivity index (χ3v) is 2.29. The SMILES string of the molecule is Cc1cc(-c2cnc(CN)[nH]2)ccc1F. The van der Waals surface area contributed by atoms with Crippen molar-refractivity contribution in [2.24, 2.45) is 5.73 Å². The number of nitrogens with zero attached hydrogens (tertiary/aromatic N) is 1. The molecule has 1 aromatic carbocycles. The summed E-state index contributed by atoms with van der Waals surface area (Å²) in [5, 5.41) is 0. The Bertz CT molecular complexity index is 476. The fourth-order valence-electron chi connectivity index (χ4n) is 1.43. The number of aryl methyl sites for hydroxylation is 1. The molecule has 0 amide bonds. The Morgan fingerprint density at radius 1 is 1.47 bits per heavy atom. The molecular weight excluding hydrogens is 193 g/mol. The Morgan fingerprint density at radius 2 is 2.27 bits per heavy atom. The molecule has 0 spiro atoms. The monoisotopic (exact) mass is 205 g/mol. The first-order valence-electron chi connectivity index (χ1n) is 4.71. The number of H-pyrrole nitrogens is 1. The summed E-state index contributed by atoms with van der Waals surface area (Å²) in [6.07, 6.45) is 1.70. The lowest BCUT2D eigenvalue weighted by molar-refractivity contribution is 0.619. The van der Waals surface area contributed by atoms with E-state index in [1.165, 1.54) is 6.07 Å². The molecule has 0 aliphatic carbocycles. The van der Waals surface area contributed by atoms with Crippen LogP contribution in [0.5, 0.6) is 0 Å². The van der Waals surface area contributed by atoms with Crippen LogP contribution in [0, 0.1) is 12.7 Å². The van der Waals surface area contributed by atoms with Crippen molar-refractivity contribution in [3.63, 3.8) is 0 Å². The highest BCUT2D eigenvalue weighted by Gasteiger charge is 2.04. The largest absolute Gasteiger partial charge is 0.341 e. The standard InChI is InChI=1S/C11H12FN3/c1-7-4-8(2-3-9(7)12)10-6-14-11(5-13)15-10/h2-4,6H,5,13H2,1H3,(H,14,15). The van der Waals surface area contributed by atoms with Crippen molar-refractivity contribution in [1.29, 1.82) is 0 Å². The predicted octanol–water partition coefficient (Wildman–Crippen LogP) is 1.98. The molecule has 0 atom stereocenters. The average Bonchev–Trinajstić information content (AvgIpc) is 2.70. The van der Waals surface area contributed by atoms with Gasteiger partial charge in [0.05, 0.1) is 18.4 Å². The van der Waals surface area contributed by atoms with Gasteiger partial charge < -0.3 is 10.7 Å². The van der Waals surface area contributed by atoms with Crippen molar-refractivity contribution >= 4 is 0 Å². The molecule has 1 aromatic heterocycles. The van der Waals surface area contributed by atoms with E-state index in [1.54, 1.807) is 25.3 Å². The van der Waals surface area contributed by atoms with E-state index >= 15 is 0 Å². The van der Waals surface area contributed by atoms with Crippen LogP contribution in [0.15, 0.2) is 24.4 Å². The van der Waals surface area contributed by atoms with Gasteiger partial charge in [-0.3, -0.25) is 0 Å². The van der Waals surface area contributed by atoms with Crippen molar-refractivity contribution in [3.8, 4) is 11.3 Å². The Balaban J connectivity index is 2.40. The van der Waals surface area contributed by atoms with Crippen LogP contribution < -0.4 is 5.73 Å². The molecular formula is C11H12FN3. The quantitative estimate of drug-likeness (QED) is 0.787. The van der Waals surface area contributed by atoms with Gasteiger partial charge in [-0.05, 0) is 30.7 Å². The van der Waals surface area contributed by atoms with Crippen molar-refractivity contribution < 1.29 is 4.39 Å². The van der Waals surface area contributed by atoms with Gasteiger partial charge >= 0.3 is 0 Å². The molecule has 4 heteroatoms. The van der Waals surface area contributed by atoms with Gasteiger partial charge in [0.1, 0.15) is 11.6 Å². The average molecular weight is 205 g/mol. The lowest BCUT2D eigenvalue weighted by atomic mass is 10.1. The van der Waals surface area contributed by atoms with E-state index in [4.69, 9.17) is 5.73 Å². The van der Waals surface area contributed by atoms with Gasteiger partial charge in [-0.25, -0.2) is 9.37 Å². The van der Waals surface area contributed by atoms with E-state index in [0.717, 1.165) is 17.1 Å². The van der Waals surface area contributed by atoms with Crippen LogP contribution in [0.1, 0.15) is 11.4 Å². The summed E-state index contributed by atoms with van der Waals surface area (Å²) >= 11 is 0. The first kappa shape index (κ1) is 9.86. The molecule has 0 saturated carbocycles. The van der Waals surface area contributed by atoms with Crippen LogP contribution in [0.3, 0.4) is 0 Å². The topological polar surface area (TPSA) is 54.7 Å². The van der Waals surface area contributed by atoms with E-state index in [-0.39, 0.29) is 5.82 Å². The zero-order chi connectivity index (χ0) is 10.8. The van der Waals surface area contributed by atoms with Gasteiger partial charge in [-0.2, -0.15) is 0 Å². The molecule has 0 bridgehead atoms. The Labute approximate surface area is 87.2 Å². The van der Waals surface area contributed by atoms with E-state index in [9.17, 15) is 4.39 Å². The second kappa shape index (κ2) is 3.82. The molecule has 0 fully saturated rings. The number of imidazole rings is 1. The molecule has 0 radical (unpaired) electrons. The van der Waals surface area contributed by atoms with E-state index in [1.807, 2.05) is 0 Å². The molecule has 0 unspecified atom stereocenters. The maximum absolute atomic E-state index is 13.0. The molecule has 2 aromatic rings. The van der Waals surface area contributed by atoms with Gasteiger partial charge in [-0.1, -0.05) is 0 Å². The minimum Gasteiger partial charge on any atom is -0.341 e. The lowest BCUT2D eigenvalue weighted by Gasteiger charge is -2.00. The van der Waals surface area contributed by atoms with Gasteiger partial charge in [0.2, 0.25) is 0 Å². The van der Waals surface area contributed by atoms with Crippen molar-refractivity contribution in [2.75, 3.05) is 0 Å². The summed E-state index contributed by atoms with van der Waals surface area (Å²) < 4.78 is 13.0. The van der Waals surface area contributed by atoms with Crippen molar-refractivity contribution in [2.45, 2.75) is 13.5 Å². The van der Waals surface area contributed by atoms with Crippen LogP contribution in [0.4, 0.5) is 4.39 Å². The third kappa shape index (κ3) is 1.89. The van der Waals surface area contributed by atoms with Crippen LogP contribution in [0.2, 0.25) is 0 Å². The van der Waals surface area contributed by atoms with Crippen molar-refractivity contribution in [3.05, 3.63) is 41.6 Å². The zero-order valence-electron chi connectivity index (χ0n) is 8.42. The van der Waals surface area contributed by atoms with Gasteiger partial charge in [0, 0.05) is 5.56 Å². The third-order valence-electron chi connectivity index (χ3n) is 2.29. The lowest BCUT2D eigenvalue weighted by Crippen LogP contribution is -1.97. The number of rotatable bonds is 2. The van der Waals surface area contributed by atoms with Crippen molar-refractivity contribution in [1.82, 2.24) is 9.97 Å². The molecule has 3 N–H and O–H groups in total. The number of hydrogen-bond donors (Lipinski definition) is 2. The normalized spacial score (nSPS) is 10.6. The number of aromatic nitrogens is 2. The molecule has 0 aliphatic heterocycles. The number of benzene rings is 1. The van der Waals surface area contributed by atoms with E-state index in [0.29, 0.717) is 12.1 Å². The summed E-state index contributed by atoms with van der Waals surface area (Å²) in [5.74, 6) is 0.532. The molecule has 0 aliphatic rings. The molecule has 2 rings (SSSR count). The van der Waals surface area contributed by atoms with Crippen LogP contribution in [0.25, 0.3) is 11.3 Å². The van der Waals surface area contributed by atoms with Crippen LogP contribution in [-0.4, -0.2) is 9.97 Å². The highest BCUT2D eigenvalue weighted by molar-refractivity contribution is 5.59. The number of nitrogens with one attached hydrogen (secondary N) is 1. The minimum atomic E-state index is -0.197. The highest BCUT2D eigenvalue weighted by Crippen LogP contribution is 2.19. The fraction of sp³-hybridized carbons (Fsp3) is 0.182. The molecule has 1 heterocycles. The predicted molar refractivity (Wildman–Crippen MR) is 56.6 cm³/mol. The van der Waals surface area contributed by atoms with E-state index < -0.39 is 0 Å². The summed E-state index contributed by atoms with van der Waals surface area (Å²) in [6, 6.07) is 4.95. The molecule has 0 saturated heterocycles. The summed E-state index contributed by atoms with van der Waals surface area (Å²) in [4.78, 5) is 7.16. The second-order valence-corrected chi connectivity index (χ2v) is 3.41. The molecule has 3 nitrogen and oxygen atoms in total. The summed E-state index contributed by atoms with van der Waals surface area (Å²) in [7, 11) is 0. The molecule has 78 valence electrons. The first-order chi connectivity index (χ1) is 7.20. The number of halogens is 1. The maximum Gasteiger partial charge on any atom is 0.126 e. The van der Waals surface area contributed by atoms with Gasteiger partial charge in [0.15, 0.2) is 0 Å². The Morgan fingerprint density at radius 3 is 2.87 bits per heavy atom. The zero-order valence-corrected chi connectivity index (χ0v) is 8.42. The van der Waals surface area contributed by atoms with Gasteiger partial charge in [-0.15, -0.1) is 0 Å². The van der Waals surface area contributed by atoms with Crippen LogP contribution in [-0.2, 0) is 6.54 Å². The second-order valence-electron chi connectivity index (χ2n) is 3.41. The summed E-state index contributed by atoms with van der Waals surface area (Å²) in [6.45, 7) is 2.11. The highest BCUT2D eigenvalue weighted by atomic mass is 19.1. The first-order valence-corrected chi connectivity index (χ1v) is 4.71. The van der Waals surface area contributed by atoms with Gasteiger partial charge in [0.25, 0.3) is 0 Å². The molecule has 15 heavy (non-hydrogen) atoms. The van der Waals surface area contributed by atoms with E-state index in [2.05, 4.69) is 9.97 Å². The smallest absolute Gasteiger partial charge is 0.126 e. The summed E-state index contributed by atoms with van der Waals surface area (Å²) in [5.41, 5.74) is 7.84. The maximum atomic E-state index is 13.0.